The highest BCUT2D eigenvalue weighted by Gasteiger charge is 2.42. The molecule has 1 heterocycles. The minimum Gasteiger partial charge on any atom is -0.383 e. The van der Waals surface area contributed by atoms with Crippen molar-refractivity contribution in [2.75, 3.05) is 33.4 Å². The Morgan fingerprint density at radius 2 is 2.05 bits per heavy atom. The molecule has 0 amide bonds. The predicted octanol–water partition coefficient (Wildman–Crippen LogP) is 2.41. The van der Waals surface area contributed by atoms with E-state index in [1.165, 1.54) is 12.8 Å². The van der Waals surface area contributed by atoms with Crippen LogP contribution in [0.25, 0.3) is 0 Å². The second-order valence-electron chi connectivity index (χ2n) is 5.94. The molecule has 4 nitrogen and oxygen atoms in total. The molecule has 0 aromatic heterocycles. The number of ether oxygens (including phenoxy) is 2. The van der Waals surface area contributed by atoms with Crippen molar-refractivity contribution in [2.45, 2.75) is 70.6 Å². The molecule has 1 aliphatic heterocycles. The quantitative estimate of drug-likeness (QED) is 0.707. The van der Waals surface area contributed by atoms with Crippen LogP contribution in [0.1, 0.15) is 52.9 Å². The topological polar surface area (TPSA) is 47.7 Å². The van der Waals surface area contributed by atoms with E-state index in [9.17, 15) is 0 Å². The summed E-state index contributed by atoms with van der Waals surface area (Å²) in [4.78, 5) is 2.63. The maximum absolute atomic E-state index is 6.24. The van der Waals surface area contributed by atoms with Gasteiger partial charge in [-0.05, 0) is 32.1 Å². The molecule has 2 atom stereocenters. The van der Waals surface area contributed by atoms with Gasteiger partial charge in [0.2, 0.25) is 0 Å². The van der Waals surface area contributed by atoms with Crippen LogP contribution in [-0.2, 0) is 9.47 Å². The molecule has 2 unspecified atom stereocenters. The van der Waals surface area contributed by atoms with Crippen LogP contribution < -0.4 is 5.73 Å². The number of nitrogens with two attached hydrogens (primary N) is 1. The van der Waals surface area contributed by atoms with Gasteiger partial charge in [-0.15, -0.1) is 0 Å². The number of hydrogen-bond acceptors (Lipinski definition) is 4. The van der Waals surface area contributed by atoms with E-state index in [0.29, 0.717) is 18.7 Å². The van der Waals surface area contributed by atoms with E-state index in [0.717, 1.165) is 39.0 Å². The van der Waals surface area contributed by atoms with Gasteiger partial charge in [-0.3, -0.25) is 4.90 Å². The Balaban J connectivity index is 2.92. The maximum atomic E-state index is 6.24. The largest absolute Gasteiger partial charge is 0.383 e. The molecule has 0 aliphatic carbocycles. The van der Waals surface area contributed by atoms with Crippen LogP contribution in [-0.4, -0.2) is 56.0 Å². The predicted molar refractivity (Wildman–Crippen MR) is 84.0 cm³/mol. The fourth-order valence-corrected chi connectivity index (χ4v) is 3.55. The molecule has 120 valence electrons. The Morgan fingerprint density at radius 1 is 1.35 bits per heavy atom. The van der Waals surface area contributed by atoms with E-state index in [1.807, 2.05) is 0 Å². The molecular formula is C16H34N2O2. The van der Waals surface area contributed by atoms with Crippen LogP contribution in [0.5, 0.6) is 0 Å². The molecule has 20 heavy (non-hydrogen) atoms. The molecule has 0 bridgehead atoms. The van der Waals surface area contributed by atoms with E-state index in [4.69, 9.17) is 15.2 Å². The molecule has 4 heteroatoms. The van der Waals surface area contributed by atoms with E-state index < -0.39 is 0 Å². The summed E-state index contributed by atoms with van der Waals surface area (Å²) in [6, 6.07) is 0.587. The van der Waals surface area contributed by atoms with Crippen LogP contribution in [0.2, 0.25) is 0 Å². The zero-order chi connectivity index (χ0) is 15.0. The third-order valence-electron chi connectivity index (χ3n) is 4.89. The SMILES string of the molecule is CCC1CC(CN)(N(CCOC)C(CC)CC)CCO1. The highest BCUT2D eigenvalue weighted by atomic mass is 16.5. The summed E-state index contributed by atoms with van der Waals surface area (Å²) in [6.45, 7) is 10.0. The fourth-order valence-electron chi connectivity index (χ4n) is 3.55. The highest BCUT2D eigenvalue weighted by Crippen LogP contribution is 2.34. The molecule has 0 saturated carbocycles. The van der Waals surface area contributed by atoms with Gasteiger partial charge in [0.1, 0.15) is 0 Å². The molecule has 2 N–H and O–H groups in total. The van der Waals surface area contributed by atoms with Gasteiger partial charge in [0.15, 0.2) is 0 Å². The van der Waals surface area contributed by atoms with Crippen molar-refractivity contribution in [3.05, 3.63) is 0 Å². The van der Waals surface area contributed by atoms with Crippen molar-refractivity contribution >= 4 is 0 Å². The molecule has 0 spiro atoms. The van der Waals surface area contributed by atoms with Crippen LogP contribution in [0.15, 0.2) is 0 Å². The Hall–Kier alpha value is -0.160. The summed E-state index contributed by atoms with van der Waals surface area (Å²) in [5.74, 6) is 0. The summed E-state index contributed by atoms with van der Waals surface area (Å²) in [7, 11) is 1.78. The van der Waals surface area contributed by atoms with Crippen molar-refractivity contribution in [1.29, 1.82) is 0 Å². The van der Waals surface area contributed by atoms with Gasteiger partial charge in [-0.1, -0.05) is 20.8 Å². The number of methoxy groups -OCH3 is 1. The first-order valence-electron chi connectivity index (χ1n) is 8.24. The molecular weight excluding hydrogens is 252 g/mol. The third kappa shape index (κ3) is 4.17. The average molecular weight is 286 g/mol. The molecule has 1 rings (SSSR count). The standard InChI is InChI=1S/C16H34N2O2/c1-5-14(6-2)18(9-11-19-4)16(13-17)8-10-20-15(7-3)12-16/h14-15H,5-13,17H2,1-4H3. The summed E-state index contributed by atoms with van der Waals surface area (Å²) in [5, 5.41) is 0. The molecule has 1 saturated heterocycles. The van der Waals surface area contributed by atoms with Crippen LogP contribution in [0.4, 0.5) is 0 Å². The number of rotatable bonds is 9. The second-order valence-corrected chi connectivity index (χ2v) is 5.94. The minimum atomic E-state index is 0.0914. The van der Waals surface area contributed by atoms with E-state index in [-0.39, 0.29) is 5.54 Å². The van der Waals surface area contributed by atoms with Crippen LogP contribution in [0.3, 0.4) is 0 Å². The van der Waals surface area contributed by atoms with Crippen molar-refractivity contribution in [3.8, 4) is 0 Å². The van der Waals surface area contributed by atoms with Crippen molar-refractivity contribution in [3.63, 3.8) is 0 Å². The molecule has 1 aliphatic rings. The Morgan fingerprint density at radius 3 is 2.55 bits per heavy atom. The lowest BCUT2D eigenvalue weighted by Gasteiger charge is -2.51. The van der Waals surface area contributed by atoms with Gasteiger partial charge in [-0.25, -0.2) is 0 Å². The first-order chi connectivity index (χ1) is 9.67. The summed E-state index contributed by atoms with van der Waals surface area (Å²) in [5.41, 5.74) is 6.33. The lowest BCUT2D eigenvalue weighted by Crippen LogP contribution is -2.62. The van der Waals surface area contributed by atoms with Gasteiger partial charge in [0, 0.05) is 38.4 Å². The Bertz CT molecular complexity index is 259. The van der Waals surface area contributed by atoms with Crippen molar-refractivity contribution in [2.24, 2.45) is 5.73 Å². The molecule has 0 aromatic rings. The second kappa shape index (κ2) is 8.98. The first-order valence-corrected chi connectivity index (χ1v) is 8.24. The van der Waals surface area contributed by atoms with Gasteiger partial charge >= 0.3 is 0 Å². The van der Waals surface area contributed by atoms with Crippen molar-refractivity contribution < 1.29 is 9.47 Å². The lowest BCUT2D eigenvalue weighted by molar-refractivity contribution is -0.0903. The zero-order valence-electron chi connectivity index (χ0n) is 13.9. The zero-order valence-corrected chi connectivity index (χ0v) is 13.9. The van der Waals surface area contributed by atoms with E-state index >= 15 is 0 Å². The van der Waals surface area contributed by atoms with Crippen LogP contribution >= 0.6 is 0 Å². The summed E-state index contributed by atoms with van der Waals surface area (Å²) < 4.78 is 11.2. The Kier molecular flexibility index (Phi) is 8.03. The van der Waals surface area contributed by atoms with E-state index in [2.05, 4.69) is 25.7 Å². The molecule has 0 aromatic carbocycles. The van der Waals surface area contributed by atoms with Gasteiger partial charge in [-0.2, -0.15) is 0 Å². The maximum Gasteiger partial charge on any atom is 0.0590 e. The first kappa shape index (κ1) is 17.9. The van der Waals surface area contributed by atoms with Crippen LogP contribution in [0, 0.1) is 0 Å². The van der Waals surface area contributed by atoms with Gasteiger partial charge in [0.05, 0.1) is 12.7 Å². The van der Waals surface area contributed by atoms with Gasteiger partial charge < -0.3 is 15.2 Å². The minimum absolute atomic E-state index is 0.0914. The van der Waals surface area contributed by atoms with Gasteiger partial charge in [0.25, 0.3) is 0 Å². The third-order valence-corrected chi connectivity index (χ3v) is 4.89. The highest BCUT2D eigenvalue weighted by molar-refractivity contribution is 4.98. The fraction of sp³-hybridized carbons (Fsp3) is 1.00. The molecule has 0 radical (unpaired) electrons. The average Bonchev–Trinajstić information content (AvgIpc) is 2.51. The monoisotopic (exact) mass is 286 g/mol. The smallest absolute Gasteiger partial charge is 0.0590 e. The Labute approximate surface area is 125 Å². The molecule has 1 fully saturated rings. The van der Waals surface area contributed by atoms with E-state index in [1.54, 1.807) is 7.11 Å². The number of nitrogens with zero attached hydrogens (tertiary/aromatic N) is 1. The van der Waals surface area contributed by atoms with Crippen molar-refractivity contribution in [1.82, 2.24) is 4.90 Å². The normalized spacial score (nSPS) is 27.4. The summed E-state index contributed by atoms with van der Waals surface area (Å²) >= 11 is 0. The lowest BCUT2D eigenvalue weighted by atomic mass is 9.82. The summed E-state index contributed by atoms with van der Waals surface area (Å²) in [6.07, 6.45) is 5.86. The number of hydrogen-bond donors (Lipinski definition) is 1.